The van der Waals surface area contributed by atoms with Crippen LogP contribution in [0.2, 0.25) is 0 Å². The van der Waals surface area contributed by atoms with Crippen molar-refractivity contribution < 1.29 is 9.90 Å². The molecule has 1 fully saturated rings. The average molecular weight is 394 g/mol. The van der Waals surface area contributed by atoms with Crippen molar-refractivity contribution >= 4 is 23.1 Å². The van der Waals surface area contributed by atoms with E-state index in [0.29, 0.717) is 19.5 Å². The number of amides is 1. The summed E-state index contributed by atoms with van der Waals surface area (Å²) in [5.41, 5.74) is 1.23. The van der Waals surface area contributed by atoms with Gasteiger partial charge in [-0.25, -0.2) is 4.98 Å². The molecule has 0 spiro atoms. The molecule has 0 bridgehead atoms. The number of benzene rings is 1. The highest BCUT2D eigenvalue weighted by Gasteiger charge is 2.21. The van der Waals surface area contributed by atoms with Gasteiger partial charge in [0.1, 0.15) is 11.6 Å². The first-order valence-electron chi connectivity index (χ1n) is 9.51. The molecule has 1 aliphatic heterocycles. The van der Waals surface area contributed by atoms with Crippen molar-refractivity contribution in [3.63, 3.8) is 0 Å². The van der Waals surface area contributed by atoms with Gasteiger partial charge in [-0.1, -0.05) is 30.3 Å². The van der Waals surface area contributed by atoms with Crippen molar-refractivity contribution in [3.05, 3.63) is 65.7 Å². The number of anilines is 1. The van der Waals surface area contributed by atoms with Crippen molar-refractivity contribution in [2.45, 2.75) is 12.8 Å². The fourth-order valence-electron chi connectivity index (χ4n) is 3.41. The summed E-state index contributed by atoms with van der Waals surface area (Å²) in [4.78, 5) is 23.4. The zero-order chi connectivity index (χ0) is 19.3. The van der Waals surface area contributed by atoms with E-state index in [1.54, 1.807) is 17.4 Å². The number of carbonyl (C=O) groups excluding carboxylic acids is 1. The Balaban J connectivity index is 1.27. The van der Waals surface area contributed by atoms with Gasteiger partial charge in [0.2, 0.25) is 5.91 Å². The summed E-state index contributed by atoms with van der Waals surface area (Å²) in [6.07, 6.45) is 2.79. The average Bonchev–Trinajstić information content (AvgIpc) is 3.22. The van der Waals surface area contributed by atoms with Gasteiger partial charge in [0.05, 0.1) is 6.20 Å². The minimum absolute atomic E-state index is 0.168. The summed E-state index contributed by atoms with van der Waals surface area (Å²) in [7, 11) is 0. The smallest absolute Gasteiger partial charge is 0.223 e. The lowest BCUT2D eigenvalue weighted by atomic mass is 10.2. The fraction of sp³-hybridized carbons (Fsp3) is 0.273. The Bertz CT molecular complexity index is 916. The van der Waals surface area contributed by atoms with Gasteiger partial charge in [-0.05, 0) is 36.2 Å². The maximum absolute atomic E-state index is 12.6. The van der Waals surface area contributed by atoms with Gasteiger partial charge in [-0.2, -0.15) is 0 Å². The van der Waals surface area contributed by atoms with Gasteiger partial charge in [0.25, 0.3) is 0 Å². The van der Waals surface area contributed by atoms with Crippen molar-refractivity contribution in [2.24, 2.45) is 0 Å². The quantitative estimate of drug-likeness (QED) is 0.716. The van der Waals surface area contributed by atoms with Crippen molar-refractivity contribution in [1.82, 2.24) is 9.88 Å². The Kier molecular flexibility index (Phi) is 5.58. The fourth-order valence-corrected chi connectivity index (χ4v) is 4.42. The molecule has 1 aliphatic rings. The van der Waals surface area contributed by atoms with E-state index in [2.05, 4.69) is 34.1 Å². The number of aryl methyl sites for hydroxylation is 1. The molecule has 0 radical (unpaired) electrons. The lowest BCUT2D eigenvalue weighted by Gasteiger charge is -2.35. The molecular weight excluding hydrogens is 370 g/mol. The van der Waals surface area contributed by atoms with E-state index in [9.17, 15) is 9.90 Å². The van der Waals surface area contributed by atoms with E-state index in [0.717, 1.165) is 25.3 Å². The molecule has 1 amide bonds. The summed E-state index contributed by atoms with van der Waals surface area (Å²) in [5, 5.41) is 9.36. The molecule has 3 heterocycles. The van der Waals surface area contributed by atoms with Crippen molar-refractivity contribution in [2.75, 3.05) is 31.1 Å². The molecule has 0 aliphatic carbocycles. The second-order valence-electron chi connectivity index (χ2n) is 6.87. The van der Waals surface area contributed by atoms with Crippen LogP contribution in [0.3, 0.4) is 0 Å². The van der Waals surface area contributed by atoms with Crippen molar-refractivity contribution in [3.8, 4) is 16.2 Å². The first-order valence-corrected chi connectivity index (χ1v) is 10.3. The zero-order valence-corrected chi connectivity index (χ0v) is 16.4. The highest BCUT2D eigenvalue weighted by molar-refractivity contribution is 7.15. The minimum atomic E-state index is 0.168. The number of hydrogen-bond acceptors (Lipinski definition) is 5. The number of piperazine rings is 1. The Morgan fingerprint density at radius 1 is 1.00 bits per heavy atom. The maximum atomic E-state index is 12.6. The minimum Gasteiger partial charge on any atom is -0.506 e. The van der Waals surface area contributed by atoms with Crippen LogP contribution < -0.4 is 4.90 Å². The summed E-state index contributed by atoms with van der Waals surface area (Å²) < 4.78 is 0. The second-order valence-corrected chi connectivity index (χ2v) is 8.04. The molecule has 5 nitrogen and oxygen atoms in total. The highest BCUT2D eigenvalue weighted by atomic mass is 32.1. The second kappa shape index (κ2) is 8.44. The van der Waals surface area contributed by atoms with Gasteiger partial charge in [0.15, 0.2) is 0 Å². The molecule has 0 atom stereocenters. The molecule has 1 N–H and O–H groups in total. The van der Waals surface area contributed by atoms with Crippen LogP contribution in [0.25, 0.3) is 10.4 Å². The molecule has 0 unspecified atom stereocenters. The maximum Gasteiger partial charge on any atom is 0.223 e. The molecule has 3 aromatic rings. The van der Waals surface area contributed by atoms with Crippen LogP contribution in [0.1, 0.15) is 11.3 Å². The van der Waals surface area contributed by atoms with Gasteiger partial charge in [-0.15, -0.1) is 11.3 Å². The molecule has 0 saturated carbocycles. The lowest BCUT2D eigenvalue weighted by Crippen LogP contribution is -2.49. The third kappa shape index (κ3) is 4.34. The monoisotopic (exact) mass is 393 g/mol. The van der Waals surface area contributed by atoms with Gasteiger partial charge in [-0.3, -0.25) is 4.79 Å². The van der Waals surface area contributed by atoms with Crippen LogP contribution in [0.4, 0.5) is 5.82 Å². The Labute approximate surface area is 168 Å². The first kappa shape index (κ1) is 18.5. The molecule has 144 valence electrons. The SMILES string of the molecule is O=C(CCc1ccc(-c2ccccc2)s1)N1CCN(c2ccc(O)cn2)CC1. The molecular formula is C22H23N3O2S. The Hall–Kier alpha value is -2.86. The Morgan fingerprint density at radius 3 is 2.50 bits per heavy atom. The van der Waals surface area contributed by atoms with E-state index in [4.69, 9.17) is 0 Å². The lowest BCUT2D eigenvalue weighted by molar-refractivity contribution is -0.131. The van der Waals surface area contributed by atoms with Crippen LogP contribution in [0, 0.1) is 0 Å². The van der Waals surface area contributed by atoms with E-state index in [-0.39, 0.29) is 11.7 Å². The number of aromatic nitrogens is 1. The van der Waals surface area contributed by atoms with Crippen LogP contribution in [-0.4, -0.2) is 47.1 Å². The van der Waals surface area contributed by atoms with Gasteiger partial charge in [0, 0.05) is 42.4 Å². The topological polar surface area (TPSA) is 56.7 Å². The molecule has 6 heteroatoms. The van der Waals surface area contributed by atoms with E-state index < -0.39 is 0 Å². The van der Waals surface area contributed by atoms with Crippen molar-refractivity contribution in [1.29, 1.82) is 0 Å². The van der Waals surface area contributed by atoms with Crippen LogP contribution >= 0.6 is 11.3 Å². The number of pyridine rings is 1. The third-order valence-electron chi connectivity index (χ3n) is 4.99. The van der Waals surface area contributed by atoms with Crippen LogP contribution in [0.15, 0.2) is 60.8 Å². The van der Waals surface area contributed by atoms with E-state index >= 15 is 0 Å². The zero-order valence-electron chi connectivity index (χ0n) is 15.6. The summed E-state index contributed by atoms with van der Waals surface area (Å²) >= 11 is 1.77. The van der Waals surface area contributed by atoms with Crippen LogP contribution in [-0.2, 0) is 11.2 Å². The van der Waals surface area contributed by atoms with Gasteiger partial charge < -0.3 is 14.9 Å². The summed E-state index contributed by atoms with van der Waals surface area (Å²) in [6, 6.07) is 18.1. The predicted octanol–water partition coefficient (Wildman–Crippen LogP) is 3.80. The molecule has 1 aromatic carbocycles. The largest absolute Gasteiger partial charge is 0.506 e. The summed E-state index contributed by atoms with van der Waals surface area (Å²) in [6.45, 7) is 2.95. The highest BCUT2D eigenvalue weighted by Crippen LogP contribution is 2.28. The standard InChI is InChI=1S/C22H23N3O2S/c26-18-6-10-21(23-16-18)24-12-14-25(15-13-24)22(27)11-8-19-7-9-20(28-19)17-4-2-1-3-5-17/h1-7,9-10,16,26H,8,11-15H2. The molecule has 28 heavy (non-hydrogen) atoms. The molecule has 1 saturated heterocycles. The number of hydrogen-bond donors (Lipinski definition) is 1. The van der Waals surface area contributed by atoms with Crippen LogP contribution in [0.5, 0.6) is 5.75 Å². The summed E-state index contributed by atoms with van der Waals surface area (Å²) in [5.74, 6) is 1.23. The van der Waals surface area contributed by atoms with Gasteiger partial charge >= 0.3 is 0 Å². The first-order chi connectivity index (χ1) is 13.7. The Morgan fingerprint density at radius 2 is 1.79 bits per heavy atom. The number of thiophene rings is 1. The van der Waals surface area contributed by atoms with E-state index in [1.165, 1.54) is 21.5 Å². The normalized spacial score (nSPS) is 14.3. The number of carbonyl (C=O) groups is 1. The third-order valence-corrected chi connectivity index (χ3v) is 6.19. The molecule has 4 rings (SSSR count). The molecule has 2 aromatic heterocycles. The number of nitrogens with zero attached hydrogens (tertiary/aromatic N) is 3. The van der Waals surface area contributed by atoms with E-state index in [1.807, 2.05) is 29.2 Å². The predicted molar refractivity (Wildman–Crippen MR) is 113 cm³/mol. The number of rotatable bonds is 5. The number of aromatic hydroxyl groups is 1.